The number of benzene rings is 1. The molecule has 1 atom stereocenters. The molecule has 0 fully saturated rings. The van der Waals surface area contributed by atoms with Gasteiger partial charge in [-0.2, -0.15) is 0 Å². The molecule has 1 unspecified atom stereocenters. The average Bonchev–Trinajstić information content (AvgIpc) is 2.86. The van der Waals surface area contributed by atoms with Crippen molar-refractivity contribution >= 4 is 28.2 Å². The van der Waals surface area contributed by atoms with Gasteiger partial charge in [0.25, 0.3) is 11.8 Å². The average molecular weight is 350 g/mol. The Labute approximate surface area is 141 Å². The summed E-state index contributed by atoms with van der Waals surface area (Å²) in [5.41, 5.74) is 6.20. The zero-order valence-electron chi connectivity index (χ0n) is 13.0. The first-order valence-electron chi connectivity index (χ1n) is 7.58. The van der Waals surface area contributed by atoms with Crippen LogP contribution >= 0.6 is 11.3 Å². The highest BCUT2D eigenvalue weighted by Gasteiger charge is 2.28. The van der Waals surface area contributed by atoms with E-state index in [0.29, 0.717) is 10.9 Å². The van der Waals surface area contributed by atoms with Crippen LogP contribution in [0.2, 0.25) is 0 Å². The van der Waals surface area contributed by atoms with Crippen LogP contribution in [0, 0.1) is 17.6 Å². The lowest BCUT2D eigenvalue weighted by Gasteiger charge is -2.18. The molecule has 0 aliphatic heterocycles. The van der Waals surface area contributed by atoms with Crippen LogP contribution < -0.4 is 11.1 Å². The van der Waals surface area contributed by atoms with Gasteiger partial charge in [-0.25, -0.2) is 8.78 Å². The number of nitrogens with one attached hydrogen (secondary N) is 1. The van der Waals surface area contributed by atoms with Crippen LogP contribution in [0.1, 0.15) is 44.5 Å². The van der Waals surface area contributed by atoms with Crippen molar-refractivity contribution in [3.05, 3.63) is 51.4 Å². The normalized spacial score (nSPS) is 16.5. The number of hydrogen-bond donors (Lipinski definition) is 2. The van der Waals surface area contributed by atoms with Crippen LogP contribution in [0.5, 0.6) is 0 Å². The van der Waals surface area contributed by atoms with Crippen molar-refractivity contribution in [3.8, 4) is 0 Å². The maximum atomic E-state index is 13.8. The van der Waals surface area contributed by atoms with Gasteiger partial charge in [0.05, 0.1) is 11.1 Å². The number of rotatable bonds is 3. The molecular weight excluding hydrogens is 334 g/mol. The number of carbonyl (C=O) groups excluding carboxylic acids is 2. The van der Waals surface area contributed by atoms with Crippen molar-refractivity contribution in [1.29, 1.82) is 0 Å². The second-order valence-electron chi connectivity index (χ2n) is 5.98. The van der Waals surface area contributed by atoms with Gasteiger partial charge in [0, 0.05) is 4.88 Å². The van der Waals surface area contributed by atoms with Crippen LogP contribution in [0.25, 0.3) is 0 Å². The van der Waals surface area contributed by atoms with Crippen molar-refractivity contribution in [1.82, 2.24) is 0 Å². The van der Waals surface area contributed by atoms with E-state index in [2.05, 4.69) is 12.2 Å². The molecule has 0 radical (unpaired) electrons. The smallest absolute Gasteiger partial charge is 0.259 e. The Morgan fingerprint density at radius 2 is 2.08 bits per heavy atom. The number of fused-ring (bicyclic) bond motifs is 1. The summed E-state index contributed by atoms with van der Waals surface area (Å²) in [6.45, 7) is 2.12. The molecule has 0 saturated carbocycles. The first-order valence-corrected chi connectivity index (χ1v) is 8.39. The van der Waals surface area contributed by atoms with E-state index in [1.54, 1.807) is 0 Å². The number of hydrogen-bond acceptors (Lipinski definition) is 3. The predicted octanol–water partition coefficient (Wildman–Crippen LogP) is 3.50. The third kappa shape index (κ3) is 2.91. The summed E-state index contributed by atoms with van der Waals surface area (Å²) in [6, 6.07) is 3.38. The largest absolute Gasteiger partial charge is 0.365 e. The Morgan fingerprint density at radius 3 is 2.79 bits per heavy atom. The number of thiophene rings is 1. The zero-order chi connectivity index (χ0) is 17.4. The Balaban J connectivity index is 1.97. The topological polar surface area (TPSA) is 72.2 Å². The van der Waals surface area contributed by atoms with Crippen LogP contribution in [-0.2, 0) is 12.8 Å². The van der Waals surface area contributed by atoms with Crippen LogP contribution in [-0.4, -0.2) is 11.8 Å². The highest BCUT2D eigenvalue weighted by Crippen LogP contribution is 2.39. The van der Waals surface area contributed by atoms with Crippen LogP contribution in [0.15, 0.2) is 18.2 Å². The summed E-state index contributed by atoms with van der Waals surface area (Å²) in [7, 11) is 0. The number of amides is 2. The van der Waals surface area contributed by atoms with E-state index in [1.807, 2.05) is 0 Å². The highest BCUT2D eigenvalue weighted by atomic mass is 32.1. The number of carbonyl (C=O) groups is 2. The third-order valence-electron chi connectivity index (χ3n) is 4.18. The van der Waals surface area contributed by atoms with E-state index in [1.165, 1.54) is 23.5 Å². The quantitative estimate of drug-likeness (QED) is 0.889. The van der Waals surface area contributed by atoms with E-state index < -0.39 is 29.0 Å². The lowest BCUT2D eigenvalue weighted by Crippen LogP contribution is -2.20. The highest BCUT2D eigenvalue weighted by molar-refractivity contribution is 7.17. The van der Waals surface area contributed by atoms with E-state index in [-0.39, 0.29) is 5.56 Å². The molecule has 1 heterocycles. The molecule has 2 amide bonds. The molecule has 2 aromatic rings. The minimum atomic E-state index is -1.22. The van der Waals surface area contributed by atoms with Gasteiger partial charge in [0.1, 0.15) is 5.00 Å². The van der Waals surface area contributed by atoms with Crippen LogP contribution in [0.4, 0.5) is 13.8 Å². The first-order chi connectivity index (χ1) is 11.4. The molecule has 3 N–H and O–H groups in total. The number of primary amides is 1. The molecule has 1 aromatic heterocycles. The van der Waals surface area contributed by atoms with Gasteiger partial charge in [0.15, 0.2) is 11.6 Å². The molecule has 24 heavy (non-hydrogen) atoms. The minimum absolute atomic E-state index is 0.284. The second-order valence-corrected chi connectivity index (χ2v) is 7.08. The Hall–Kier alpha value is -2.28. The Bertz CT molecular complexity index is 832. The van der Waals surface area contributed by atoms with E-state index in [9.17, 15) is 18.4 Å². The molecule has 3 rings (SSSR count). The summed E-state index contributed by atoms with van der Waals surface area (Å²) in [6.07, 6.45) is 2.47. The summed E-state index contributed by atoms with van der Waals surface area (Å²) < 4.78 is 27.1. The van der Waals surface area contributed by atoms with E-state index >= 15 is 0 Å². The van der Waals surface area contributed by atoms with Gasteiger partial charge in [-0.15, -0.1) is 11.3 Å². The van der Waals surface area contributed by atoms with Crippen molar-refractivity contribution in [3.63, 3.8) is 0 Å². The molecule has 126 valence electrons. The third-order valence-corrected chi connectivity index (χ3v) is 5.35. The molecule has 4 nitrogen and oxygen atoms in total. The fourth-order valence-corrected chi connectivity index (χ4v) is 4.36. The van der Waals surface area contributed by atoms with Crippen molar-refractivity contribution in [2.45, 2.75) is 26.2 Å². The fourth-order valence-electron chi connectivity index (χ4n) is 2.95. The van der Waals surface area contributed by atoms with Gasteiger partial charge in [0.2, 0.25) is 0 Å². The van der Waals surface area contributed by atoms with Crippen molar-refractivity contribution in [2.75, 3.05) is 5.32 Å². The SMILES string of the molecule is CC1CCc2c(sc(NC(=O)c3cccc(F)c3F)c2C(N)=O)C1. The summed E-state index contributed by atoms with van der Waals surface area (Å²) in [4.78, 5) is 25.1. The lowest BCUT2D eigenvalue weighted by atomic mass is 9.88. The molecule has 1 aliphatic rings. The van der Waals surface area contributed by atoms with Gasteiger partial charge < -0.3 is 11.1 Å². The predicted molar refractivity (Wildman–Crippen MR) is 88.3 cm³/mol. The van der Waals surface area contributed by atoms with Gasteiger partial charge in [-0.3, -0.25) is 9.59 Å². The molecule has 1 aliphatic carbocycles. The van der Waals surface area contributed by atoms with E-state index in [0.717, 1.165) is 35.8 Å². The number of nitrogens with two attached hydrogens (primary N) is 1. The van der Waals surface area contributed by atoms with Gasteiger partial charge >= 0.3 is 0 Å². The van der Waals surface area contributed by atoms with Gasteiger partial charge in [-0.05, 0) is 42.9 Å². The summed E-state index contributed by atoms with van der Waals surface area (Å²) in [5.74, 6) is -3.26. The lowest BCUT2D eigenvalue weighted by molar-refractivity contribution is 0.1000. The fraction of sp³-hybridized carbons (Fsp3) is 0.294. The van der Waals surface area contributed by atoms with Gasteiger partial charge in [-0.1, -0.05) is 13.0 Å². The van der Waals surface area contributed by atoms with Crippen LogP contribution in [0.3, 0.4) is 0 Å². The first kappa shape index (κ1) is 16.6. The Morgan fingerprint density at radius 1 is 1.33 bits per heavy atom. The molecular formula is C17H16F2N2O2S. The second kappa shape index (κ2) is 6.32. The number of halogens is 2. The minimum Gasteiger partial charge on any atom is -0.365 e. The molecule has 1 aromatic carbocycles. The van der Waals surface area contributed by atoms with Crippen molar-refractivity contribution in [2.24, 2.45) is 11.7 Å². The molecule has 7 heteroatoms. The van der Waals surface area contributed by atoms with Crippen molar-refractivity contribution < 1.29 is 18.4 Å². The molecule has 0 spiro atoms. The monoisotopic (exact) mass is 350 g/mol. The summed E-state index contributed by atoms with van der Waals surface area (Å²) >= 11 is 1.28. The molecule has 0 bridgehead atoms. The Kier molecular flexibility index (Phi) is 4.36. The zero-order valence-corrected chi connectivity index (χ0v) is 13.8. The summed E-state index contributed by atoms with van der Waals surface area (Å²) in [5, 5.41) is 2.82. The standard InChI is InChI=1S/C17H16F2N2O2S/c1-8-5-6-9-12(7-8)24-17(13(9)15(20)22)21-16(23)10-3-2-4-11(18)14(10)19/h2-4,8H,5-7H2,1H3,(H2,20,22)(H,21,23). The van der Waals surface area contributed by atoms with E-state index in [4.69, 9.17) is 5.73 Å². The number of anilines is 1. The molecule has 0 saturated heterocycles. The maximum Gasteiger partial charge on any atom is 0.259 e. The maximum absolute atomic E-state index is 13.8.